The lowest BCUT2D eigenvalue weighted by Crippen LogP contribution is -2.29. The summed E-state index contributed by atoms with van der Waals surface area (Å²) in [5.41, 5.74) is 2.03. The van der Waals surface area contributed by atoms with Crippen LogP contribution >= 0.6 is 0 Å². The molecule has 0 saturated heterocycles. The molecule has 0 atom stereocenters. The molecule has 9 heavy (non-hydrogen) atoms. The van der Waals surface area contributed by atoms with Crippen molar-refractivity contribution in [3.63, 3.8) is 0 Å². The highest BCUT2D eigenvalue weighted by atomic mass is 16.5. The Hall–Kier alpha value is -0.610. The molecule has 54 valence electrons. The second-order valence-corrected chi connectivity index (χ2v) is 1.66. The van der Waals surface area contributed by atoms with Gasteiger partial charge in [-0.3, -0.25) is 10.2 Å². The predicted octanol–water partition coefficient (Wildman–Crippen LogP) is -0.597. The van der Waals surface area contributed by atoms with Crippen LogP contribution in [0.3, 0.4) is 0 Å². The second kappa shape index (κ2) is 5.53. The first kappa shape index (κ1) is 8.39. The van der Waals surface area contributed by atoms with Gasteiger partial charge in [-0.1, -0.05) is 0 Å². The van der Waals surface area contributed by atoms with Crippen molar-refractivity contribution in [3.8, 4) is 0 Å². The van der Waals surface area contributed by atoms with Crippen LogP contribution in [0.1, 0.15) is 12.8 Å². The lowest BCUT2D eigenvalue weighted by Gasteiger charge is -1.96. The van der Waals surface area contributed by atoms with Crippen LogP contribution in [0.25, 0.3) is 0 Å². The van der Waals surface area contributed by atoms with E-state index in [2.05, 4.69) is 0 Å². The first-order valence-electron chi connectivity index (χ1n) is 2.79. The lowest BCUT2D eigenvalue weighted by atomic mass is 10.3. The minimum Gasteiger partial charge on any atom is -0.385 e. The van der Waals surface area contributed by atoms with Crippen LogP contribution in [0, 0.1) is 0 Å². The van der Waals surface area contributed by atoms with Crippen LogP contribution in [-0.4, -0.2) is 19.6 Å². The Morgan fingerprint density at radius 3 is 2.89 bits per heavy atom. The number of carbonyl (C=O) groups excluding carboxylic acids is 1. The van der Waals surface area contributed by atoms with Gasteiger partial charge in [-0.2, -0.15) is 0 Å². The molecule has 0 aromatic heterocycles. The molecular weight excluding hydrogens is 120 g/mol. The van der Waals surface area contributed by atoms with Crippen LogP contribution in [-0.2, 0) is 9.53 Å². The summed E-state index contributed by atoms with van der Waals surface area (Å²) in [6.45, 7) is 0.605. The van der Waals surface area contributed by atoms with Gasteiger partial charge in [0.05, 0.1) is 0 Å². The van der Waals surface area contributed by atoms with Crippen molar-refractivity contribution in [2.24, 2.45) is 5.84 Å². The standard InChI is InChI=1S/C5H12N2O2/c1-9-4-2-3-5(8)7-6/h2-4,6H2,1H3,(H,7,8). The predicted molar refractivity (Wildman–Crippen MR) is 33.4 cm³/mol. The maximum atomic E-state index is 10.4. The number of carbonyl (C=O) groups is 1. The molecule has 4 nitrogen and oxygen atoms in total. The van der Waals surface area contributed by atoms with Crippen molar-refractivity contribution in [2.75, 3.05) is 13.7 Å². The van der Waals surface area contributed by atoms with Gasteiger partial charge in [-0.05, 0) is 6.42 Å². The molecule has 0 radical (unpaired) electrons. The van der Waals surface area contributed by atoms with Crippen molar-refractivity contribution in [2.45, 2.75) is 12.8 Å². The Kier molecular flexibility index (Phi) is 5.15. The highest BCUT2D eigenvalue weighted by Gasteiger charge is 1.94. The minimum absolute atomic E-state index is 0.146. The van der Waals surface area contributed by atoms with Crippen molar-refractivity contribution >= 4 is 5.91 Å². The largest absolute Gasteiger partial charge is 0.385 e. The average molecular weight is 132 g/mol. The van der Waals surface area contributed by atoms with Gasteiger partial charge in [0.2, 0.25) is 5.91 Å². The van der Waals surface area contributed by atoms with Crippen LogP contribution in [0.15, 0.2) is 0 Å². The molecule has 0 aliphatic rings. The van der Waals surface area contributed by atoms with E-state index in [1.165, 1.54) is 0 Å². The summed E-state index contributed by atoms with van der Waals surface area (Å²) in [6.07, 6.45) is 1.16. The average Bonchev–Trinajstić information content (AvgIpc) is 1.89. The third kappa shape index (κ3) is 5.26. The number of rotatable bonds is 4. The van der Waals surface area contributed by atoms with Gasteiger partial charge in [-0.25, -0.2) is 5.84 Å². The zero-order chi connectivity index (χ0) is 7.11. The molecule has 4 heteroatoms. The van der Waals surface area contributed by atoms with Crippen LogP contribution in [0.2, 0.25) is 0 Å². The van der Waals surface area contributed by atoms with E-state index < -0.39 is 0 Å². The number of nitrogens with two attached hydrogens (primary N) is 1. The van der Waals surface area contributed by atoms with E-state index >= 15 is 0 Å². The Labute approximate surface area is 54.3 Å². The molecule has 0 spiro atoms. The lowest BCUT2D eigenvalue weighted by molar-refractivity contribution is -0.121. The Balaban J connectivity index is 2.97. The molecule has 0 rings (SSSR count). The van der Waals surface area contributed by atoms with E-state index in [1.807, 2.05) is 5.43 Å². The number of hydrazine groups is 1. The fourth-order valence-corrected chi connectivity index (χ4v) is 0.449. The highest BCUT2D eigenvalue weighted by Crippen LogP contribution is 1.86. The van der Waals surface area contributed by atoms with Gasteiger partial charge in [-0.15, -0.1) is 0 Å². The van der Waals surface area contributed by atoms with Crippen LogP contribution in [0.5, 0.6) is 0 Å². The van der Waals surface area contributed by atoms with E-state index in [0.29, 0.717) is 13.0 Å². The van der Waals surface area contributed by atoms with E-state index in [-0.39, 0.29) is 5.91 Å². The summed E-state index contributed by atoms with van der Waals surface area (Å²) in [5.74, 6) is 4.67. The summed E-state index contributed by atoms with van der Waals surface area (Å²) in [5, 5.41) is 0. The summed E-state index contributed by atoms with van der Waals surface area (Å²) in [7, 11) is 1.60. The fourth-order valence-electron chi connectivity index (χ4n) is 0.449. The normalized spacial score (nSPS) is 9.11. The maximum absolute atomic E-state index is 10.4. The molecule has 0 heterocycles. The molecule has 1 amide bonds. The van der Waals surface area contributed by atoms with Crippen LogP contribution in [0.4, 0.5) is 0 Å². The fraction of sp³-hybridized carbons (Fsp3) is 0.800. The second-order valence-electron chi connectivity index (χ2n) is 1.66. The van der Waals surface area contributed by atoms with Gasteiger partial charge < -0.3 is 4.74 Å². The number of nitrogens with one attached hydrogen (secondary N) is 1. The Bertz CT molecular complexity index is 85.0. The first-order valence-corrected chi connectivity index (χ1v) is 2.79. The smallest absolute Gasteiger partial charge is 0.233 e. The summed E-state index contributed by atoms with van der Waals surface area (Å²) < 4.78 is 4.72. The van der Waals surface area contributed by atoms with Gasteiger partial charge in [0, 0.05) is 20.1 Å². The number of hydrogen-bond acceptors (Lipinski definition) is 3. The molecule has 0 unspecified atom stereocenters. The summed E-state index contributed by atoms with van der Waals surface area (Å²) in [4.78, 5) is 10.4. The molecule has 3 N–H and O–H groups in total. The molecule has 0 bridgehead atoms. The molecule has 0 aliphatic heterocycles. The minimum atomic E-state index is -0.146. The van der Waals surface area contributed by atoms with Crippen molar-refractivity contribution in [1.29, 1.82) is 0 Å². The molecule has 0 aromatic carbocycles. The number of ether oxygens (including phenoxy) is 1. The topological polar surface area (TPSA) is 64.3 Å². The molecule has 0 aromatic rings. The zero-order valence-corrected chi connectivity index (χ0v) is 5.52. The third-order valence-electron chi connectivity index (χ3n) is 0.913. The van der Waals surface area contributed by atoms with Crippen molar-refractivity contribution in [3.05, 3.63) is 0 Å². The molecule has 0 fully saturated rings. The molecule has 0 saturated carbocycles. The van der Waals surface area contributed by atoms with Gasteiger partial charge in [0.15, 0.2) is 0 Å². The number of methoxy groups -OCH3 is 1. The summed E-state index contributed by atoms with van der Waals surface area (Å²) in [6, 6.07) is 0. The Morgan fingerprint density at radius 1 is 1.78 bits per heavy atom. The van der Waals surface area contributed by atoms with E-state index in [4.69, 9.17) is 10.6 Å². The molecular formula is C5H12N2O2. The van der Waals surface area contributed by atoms with E-state index in [9.17, 15) is 4.79 Å². The SMILES string of the molecule is COCCCC(=O)NN. The van der Waals surface area contributed by atoms with Gasteiger partial charge >= 0.3 is 0 Å². The quantitative estimate of drug-likeness (QED) is 0.232. The zero-order valence-electron chi connectivity index (χ0n) is 5.52. The highest BCUT2D eigenvalue weighted by molar-refractivity contribution is 5.75. The molecule has 0 aliphatic carbocycles. The maximum Gasteiger partial charge on any atom is 0.233 e. The van der Waals surface area contributed by atoms with Gasteiger partial charge in [0.1, 0.15) is 0 Å². The van der Waals surface area contributed by atoms with E-state index in [0.717, 1.165) is 6.42 Å². The number of amides is 1. The monoisotopic (exact) mass is 132 g/mol. The number of hydrogen-bond donors (Lipinski definition) is 2. The van der Waals surface area contributed by atoms with Gasteiger partial charge in [0.25, 0.3) is 0 Å². The summed E-state index contributed by atoms with van der Waals surface area (Å²) >= 11 is 0. The first-order chi connectivity index (χ1) is 4.31. The van der Waals surface area contributed by atoms with Crippen molar-refractivity contribution < 1.29 is 9.53 Å². The third-order valence-corrected chi connectivity index (χ3v) is 0.913. The van der Waals surface area contributed by atoms with E-state index in [1.54, 1.807) is 7.11 Å². The Morgan fingerprint density at radius 2 is 2.44 bits per heavy atom. The van der Waals surface area contributed by atoms with Crippen LogP contribution < -0.4 is 11.3 Å². The van der Waals surface area contributed by atoms with Crippen molar-refractivity contribution in [1.82, 2.24) is 5.43 Å².